The van der Waals surface area contributed by atoms with E-state index in [1.54, 1.807) is 4.68 Å². The second kappa shape index (κ2) is 7.97. The van der Waals surface area contributed by atoms with Crippen molar-refractivity contribution in [1.29, 1.82) is 0 Å². The van der Waals surface area contributed by atoms with E-state index in [4.69, 9.17) is 12.2 Å². The van der Waals surface area contributed by atoms with Crippen LogP contribution in [0.2, 0.25) is 0 Å². The van der Waals surface area contributed by atoms with E-state index < -0.39 is 0 Å². The molecule has 0 aliphatic heterocycles. The number of benzene rings is 2. The Morgan fingerprint density at radius 2 is 1.76 bits per heavy atom. The number of aromatic amines is 1. The smallest absolute Gasteiger partial charge is 0.216 e. The third-order valence-electron chi connectivity index (χ3n) is 4.88. The van der Waals surface area contributed by atoms with Crippen molar-refractivity contribution in [2.45, 2.75) is 27.3 Å². The van der Waals surface area contributed by atoms with Gasteiger partial charge in [-0.3, -0.25) is 4.68 Å². The molecule has 29 heavy (non-hydrogen) atoms. The van der Waals surface area contributed by atoms with Gasteiger partial charge in [0.1, 0.15) is 0 Å². The van der Waals surface area contributed by atoms with Crippen molar-refractivity contribution in [2.24, 2.45) is 5.10 Å². The van der Waals surface area contributed by atoms with E-state index >= 15 is 0 Å². The Balaban J connectivity index is 1.66. The van der Waals surface area contributed by atoms with Crippen molar-refractivity contribution in [1.82, 2.24) is 24.7 Å². The summed E-state index contributed by atoms with van der Waals surface area (Å²) in [7, 11) is 0. The van der Waals surface area contributed by atoms with Gasteiger partial charge in [-0.1, -0.05) is 60.2 Å². The van der Waals surface area contributed by atoms with E-state index in [1.807, 2.05) is 60.3 Å². The number of rotatable bonds is 5. The van der Waals surface area contributed by atoms with Crippen molar-refractivity contribution in [3.63, 3.8) is 0 Å². The van der Waals surface area contributed by atoms with Crippen LogP contribution in [0.1, 0.15) is 28.1 Å². The monoisotopic (exact) mass is 402 g/mol. The molecule has 4 aromatic rings. The third kappa shape index (κ3) is 3.95. The van der Waals surface area contributed by atoms with Gasteiger partial charge in [-0.2, -0.15) is 20.0 Å². The molecular formula is C22H22N6S. The number of hydrogen-bond donors (Lipinski definition) is 1. The van der Waals surface area contributed by atoms with Gasteiger partial charge in [-0.05, 0) is 38.6 Å². The second-order valence-corrected chi connectivity index (χ2v) is 7.39. The molecule has 2 aromatic carbocycles. The Labute approximate surface area is 174 Å². The zero-order valence-corrected chi connectivity index (χ0v) is 17.4. The molecule has 0 fully saturated rings. The minimum Gasteiger partial charge on any atom is -0.265 e. The molecule has 7 heteroatoms. The van der Waals surface area contributed by atoms with Crippen LogP contribution in [0, 0.1) is 25.5 Å². The summed E-state index contributed by atoms with van der Waals surface area (Å²) in [6, 6.07) is 18.4. The lowest BCUT2D eigenvalue weighted by Crippen LogP contribution is -2.04. The zero-order chi connectivity index (χ0) is 20.4. The van der Waals surface area contributed by atoms with Crippen LogP contribution in [0.25, 0.3) is 11.4 Å². The molecule has 0 unspecified atom stereocenters. The fourth-order valence-corrected chi connectivity index (χ4v) is 3.39. The Morgan fingerprint density at radius 1 is 1.03 bits per heavy atom. The first-order valence-electron chi connectivity index (χ1n) is 9.39. The maximum atomic E-state index is 5.38. The van der Waals surface area contributed by atoms with Crippen LogP contribution >= 0.6 is 12.2 Å². The van der Waals surface area contributed by atoms with Gasteiger partial charge in [0.25, 0.3) is 0 Å². The number of hydrogen-bond acceptors (Lipinski definition) is 4. The molecule has 0 amide bonds. The summed E-state index contributed by atoms with van der Waals surface area (Å²) < 4.78 is 4.10. The molecule has 0 saturated carbocycles. The van der Waals surface area contributed by atoms with Crippen molar-refractivity contribution < 1.29 is 0 Å². The van der Waals surface area contributed by atoms with E-state index in [0.29, 0.717) is 10.6 Å². The van der Waals surface area contributed by atoms with Crippen molar-refractivity contribution in [3.05, 3.63) is 87.4 Å². The Hall–Kier alpha value is -3.32. The van der Waals surface area contributed by atoms with Crippen molar-refractivity contribution in [3.8, 4) is 11.4 Å². The molecule has 0 bridgehead atoms. The first-order chi connectivity index (χ1) is 14.0. The van der Waals surface area contributed by atoms with Crippen molar-refractivity contribution in [2.75, 3.05) is 0 Å². The number of aryl methyl sites for hydroxylation is 2. The summed E-state index contributed by atoms with van der Waals surface area (Å²) in [5.41, 5.74) is 6.32. The lowest BCUT2D eigenvalue weighted by Gasteiger charge is -2.04. The van der Waals surface area contributed by atoms with E-state index in [0.717, 1.165) is 29.1 Å². The largest absolute Gasteiger partial charge is 0.265 e. The van der Waals surface area contributed by atoms with Gasteiger partial charge >= 0.3 is 0 Å². The second-order valence-electron chi connectivity index (χ2n) is 7.00. The average molecular weight is 403 g/mol. The molecule has 0 spiro atoms. The lowest BCUT2D eigenvalue weighted by molar-refractivity contribution is 0.659. The predicted octanol–water partition coefficient (Wildman–Crippen LogP) is 4.66. The molecule has 0 radical (unpaired) electrons. The van der Waals surface area contributed by atoms with Crippen LogP contribution in [-0.2, 0) is 6.54 Å². The first-order valence-corrected chi connectivity index (χ1v) is 9.80. The molecule has 0 saturated heterocycles. The number of nitrogens with one attached hydrogen (secondary N) is 1. The number of aromatic nitrogens is 5. The fourth-order valence-electron chi connectivity index (χ4n) is 3.21. The van der Waals surface area contributed by atoms with Crippen LogP contribution in [0.5, 0.6) is 0 Å². The highest BCUT2D eigenvalue weighted by atomic mass is 32.1. The predicted molar refractivity (Wildman–Crippen MR) is 118 cm³/mol. The quantitative estimate of drug-likeness (QED) is 0.390. The first kappa shape index (κ1) is 19.0. The summed E-state index contributed by atoms with van der Waals surface area (Å²) in [5.74, 6) is 0.679. The van der Waals surface area contributed by atoms with E-state index in [9.17, 15) is 0 Å². The molecular weight excluding hydrogens is 380 g/mol. The number of nitrogens with zero attached hydrogens (tertiary/aromatic N) is 5. The summed E-state index contributed by atoms with van der Waals surface area (Å²) in [4.78, 5) is 0. The summed E-state index contributed by atoms with van der Waals surface area (Å²) in [6.07, 6.45) is 1.81. The molecule has 0 aliphatic carbocycles. The SMILES string of the molecule is Cc1ccc(-c2n[nH]c(=S)n2/N=C\c2c(C)nn(Cc3ccccc3)c2C)cc1. The minimum absolute atomic E-state index is 0.448. The van der Waals surface area contributed by atoms with E-state index in [2.05, 4.69) is 46.4 Å². The Kier molecular flexibility index (Phi) is 5.22. The van der Waals surface area contributed by atoms with Gasteiger partial charge in [0.2, 0.25) is 4.77 Å². The highest BCUT2D eigenvalue weighted by Crippen LogP contribution is 2.18. The maximum absolute atomic E-state index is 5.38. The topological polar surface area (TPSA) is 63.8 Å². The van der Waals surface area contributed by atoms with Gasteiger partial charge in [-0.15, -0.1) is 0 Å². The lowest BCUT2D eigenvalue weighted by atomic mass is 10.1. The van der Waals surface area contributed by atoms with Gasteiger partial charge in [0.05, 0.1) is 18.5 Å². The van der Waals surface area contributed by atoms with E-state index in [-0.39, 0.29) is 0 Å². The average Bonchev–Trinajstić information content (AvgIpc) is 3.21. The molecule has 0 aliphatic rings. The molecule has 4 rings (SSSR count). The molecule has 146 valence electrons. The zero-order valence-electron chi connectivity index (χ0n) is 16.6. The van der Waals surface area contributed by atoms with Crippen LogP contribution < -0.4 is 0 Å². The highest BCUT2D eigenvalue weighted by molar-refractivity contribution is 7.71. The van der Waals surface area contributed by atoms with Crippen LogP contribution in [0.4, 0.5) is 0 Å². The number of H-pyrrole nitrogens is 1. The van der Waals surface area contributed by atoms with Crippen LogP contribution in [0.15, 0.2) is 59.7 Å². The molecule has 2 aromatic heterocycles. The van der Waals surface area contributed by atoms with Crippen LogP contribution in [0.3, 0.4) is 0 Å². The molecule has 0 atom stereocenters. The fraction of sp³-hybridized carbons (Fsp3) is 0.182. The summed E-state index contributed by atoms with van der Waals surface area (Å²) in [6.45, 7) is 6.82. The third-order valence-corrected chi connectivity index (χ3v) is 5.14. The van der Waals surface area contributed by atoms with Gasteiger partial charge in [0, 0.05) is 16.8 Å². The molecule has 2 heterocycles. The maximum Gasteiger partial charge on any atom is 0.216 e. The van der Waals surface area contributed by atoms with Gasteiger partial charge < -0.3 is 0 Å². The molecule has 6 nitrogen and oxygen atoms in total. The Morgan fingerprint density at radius 3 is 2.48 bits per heavy atom. The molecule has 1 N–H and O–H groups in total. The highest BCUT2D eigenvalue weighted by Gasteiger charge is 2.12. The van der Waals surface area contributed by atoms with Crippen molar-refractivity contribution >= 4 is 18.4 Å². The minimum atomic E-state index is 0.448. The van der Waals surface area contributed by atoms with Gasteiger partial charge in [0.15, 0.2) is 5.82 Å². The standard InChI is InChI=1S/C22H22N6S/c1-15-9-11-19(12-10-15)21-24-25-22(29)28(21)23-13-20-16(2)26-27(17(20)3)14-18-7-5-4-6-8-18/h4-13H,14H2,1-3H3,(H,25,29)/b23-13-. The normalized spacial score (nSPS) is 11.4. The summed E-state index contributed by atoms with van der Waals surface area (Å²) in [5, 5.41) is 16.5. The van der Waals surface area contributed by atoms with Crippen LogP contribution in [-0.4, -0.2) is 30.9 Å². The Bertz CT molecular complexity index is 1210. The van der Waals surface area contributed by atoms with E-state index in [1.165, 1.54) is 11.1 Å². The van der Waals surface area contributed by atoms with Gasteiger partial charge in [-0.25, -0.2) is 5.10 Å². The summed E-state index contributed by atoms with van der Waals surface area (Å²) >= 11 is 5.38.